The van der Waals surface area contributed by atoms with E-state index >= 15 is 0 Å². The third-order valence-corrected chi connectivity index (χ3v) is 4.03. The van der Waals surface area contributed by atoms with Crippen LogP contribution < -0.4 is 10.6 Å². The highest BCUT2D eigenvalue weighted by atomic mass is 16.6. The van der Waals surface area contributed by atoms with Crippen LogP contribution in [0.2, 0.25) is 0 Å². The lowest BCUT2D eigenvalue weighted by Crippen LogP contribution is -2.40. The average molecular weight is 424 g/mol. The van der Waals surface area contributed by atoms with Gasteiger partial charge in [0.05, 0.1) is 9.85 Å². The van der Waals surface area contributed by atoms with Crippen molar-refractivity contribution in [2.75, 3.05) is 6.54 Å². The van der Waals surface area contributed by atoms with Gasteiger partial charge in [-0.1, -0.05) is 0 Å². The van der Waals surface area contributed by atoms with Crippen molar-refractivity contribution >= 4 is 35.3 Å². The number of rotatable bonds is 9. The molecule has 0 spiro atoms. The van der Waals surface area contributed by atoms with Crippen molar-refractivity contribution in [1.82, 2.24) is 10.6 Å². The third-order valence-electron chi connectivity index (χ3n) is 4.03. The summed E-state index contributed by atoms with van der Waals surface area (Å²) < 4.78 is 0. The first-order chi connectivity index (χ1) is 14.7. The number of amides is 2. The minimum absolute atomic E-state index is 0.0335. The Bertz CT molecular complexity index is 1010. The summed E-state index contributed by atoms with van der Waals surface area (Å²) >= 11 is 0. The number of nitrogens with zero attached hydrogens (tertiary/aromatic N) is 2. The van der Waals surface area contributed by atoms with Crippen LogP contribution in [0.4, 0.5) is 11.4 Å². The minimum Gasteiger partial charge on any atom is -0.351 e. The van der Waals surface area contributed by atoms with Gasteiger partial charge in [0.2, 0.25) is 11.8 Å². The molecule has 0 fully saturated rings. The first kappa shape index (κ1) is 22.9. The first-order valence-electron chi connectivity index (χ1n) is 9.18. The topological polar surface area (TPSA) is 144 Å². The summed E-state index contributed by atoms with van der Waals surface area (Å²) in [5.41, 5.74) is 1.21. The lowest BCUT2D eigenvalue weighted by atomic mass is 10.2. The molecular formula is C21H20N4O6. The predicted octanol–water partition coefficient (Wildman–Crippen LogP) is 2.85. The first-order valence-corrected chi connectivity index (χ1v) is 9.18. The number of non-ortho nitro benzene ring substituents is 2. The van der Waals surface area contributed by atoms with E-state index in [0.29, 0.717) is 11.1 Å². The van der Waals surface area contributed by atoms with Crippen molar-refractivity contribution in [3.63, 3.8) is 0 Å². The summed E-state index contributed by atoms with van der Waals surface area (Å²) in [4.78, 5) is 44.1. The molecule has 2 aromatic rings. The minimum atomic E-state index is -0.503. The largest absolute Gasteiger partial charge is 0.351 e. The van der Waals surface area contributed by atoms with Crippen LogP contribution in [-0.4, -0.2) is 34.2 Å². The smallest absolute Gasteiger partial charge is 0.269 e. The molecule has 2 aromatic carbocycles. The van der Waals surface area contributed by atoms with Crippen LogP contribution in [0.25, 0.3) is 12.2 Å². The lowest BCUT2D eigenvalue weighted by Gasteiger charge is -2.12. The zero-order valence-electron chi connectivity index (χ0n) is 16.6. The fourth-order valence-corrected chi connectivity index (χ4v) is 2.41. The number of hydrogen-bond acceptors (Lipinski definition) is 6. The molecule has 0 heterocycles. The second-order valence-electron chi connectivity index (χ2n) is 6.52. The van der Waals surface area contributed by atoms with Gasteiger partial charge in [-0.25, -0.2) is 0 Å². The van der Waals surface area contributed by atoms with Crippen molar-refractivity contribution in [3.05, 3.63) is 92.0 Å². The lowest BCUT2D eigenvalue weighted by molar-refractivity contribution is -0.385. The Morgan fingerprint density at radius 1 is 0.839 bits per heavy atom. The number of nitrogens with one attached hydrogen (secondary N) is 2. The van der Waals surface area contributed by atoms with Gasteiger partial charge in [-0.2, -0.15) is 0 Å². The van der Waals surface area contributed by atoms with Crippen molar-refractivity contribution in [1.29, 1.82) is 0 Å². The molecule has 0 bridgehead atoms. The molecule has 1 atom stereocenters. The number of nitro benzene ring substituents is 2. The van der Waals surface area contributed by atoms with E-state index in [1.54, 1.807) is 6.92 Å². The zero-order chi connectivity index (χ0) is 22.8. The SMILES string of the molecule is CC(CNC(=O)/C=C/c1ccc([N+](=O)[O-])cc1)NC(=O)/C=C/c1ccc([N+](=O)[O-])cc1. The number of nitro groups is 2. The Labute approximate surface area is 177 Å². The molecule has 0 aromatic heterocycles. The molecule has 10 heteroatoms. The van der Waals surface area contributed by atoms with Gasteiger partial charge in [0.15, 0.2) is 0 Å². The average Bonchev–Trinajstić information content (AvgIpc) is 2.75. The Balaban J connectivity index is 1.76. The van der Waals surface area contributed by atoms with Crippen molar-refractivity contribution in [2.45, 2.75) is 13.0 Å². The third kappa shape index (κ3) is 7.89. The van der Waals surface area contributed by atoms with Crippen molar-refractivity contribution in [3.8, 4) is 0 Å². The van der Waals surface area contributed by atoms with Crippen LogP contribution in [0.1, 0.15) is 18.1 Å². The Morgan fingerprint density at radius 2 is 1.26 bits per heavy atom. The van der Waals surface area contributed by atoms with E-state index in [9.17, 15) is 29.8 Å². The second-order valence-corrected chi connectivity index (χ2v) is 6.52. The Kier molecular flexibility index (Phi) is 8.14. The molecule has 10 nitrogen and oxygen atoms in total. The fourth-order valence-electron chi connectivity index (χ4n) is 2.41. The van der Waals surface area contributed by atoms with E-state index in [0.717, 1.165) is 0 Å². The number of benzene rings is 2. The van der Waals surface area contributed by atoms with Crippen LogP contribution in [-0.2, 0) is 9.59 Å². The summed E-state index contributed by atoms with van der Waals surface area (Å²) in [6.07, 6.45) is 5.64. The standard InChI is InChI=1S/C21H20N4O6/c1-15(23-21(27)13-7-17-4-10-19(11-5-17)25(30)31)14-22-20(26)12-6-16-2-8-18(9-3-16)24(28)29/h2-13,15H,14H2,1H3,(H,22,26)(H,23,27)/b12-6+,13-7+. The van der Waals surface area contributed by atoms with Gasteiger partial charge in [0, 0.05) is 49.0 Å². The van der Waals surface area contributed by atoms with E-state index in [-0.39, 0.29) is 35.8 Å². The number of hydrogen-bond donors (Lipinski definition) is 2. The molecule has 2 N–H and O–H groups in total. The van der Waals surface area contributed by atoms with Gasteiger partial charge >= 0.3 is 0 Å². The van der Waals surface area contributed by atoms with Crippen LogP contribution in [0.15, 0.2) is 60.7 Å². The van der Waals surface area contributed by atoms with Gasteiger partial charge in [-0.3, -0.25) is 29.8 Å². The molecule has 0 aliphatic rings. The van der Waals surface area contributed by atoms with Crippen LogP contribution in [0.3, 0.4) is 0 Å². The number of carbonyl (C=O) groups is 2. The van der Waals surface area contributed by atoms with Gasteiger partial charge in [-0.05, 0) is 54.5 Å². The van der Waals surface area contributed by atoms with Crippen LogP contribution in [0.5, 0.6) is 0 Å². The summed E-state index contributed by atoms with van der Waals surface area (Å²) in [7, 11) is 0. The van der Waals surface area contributed by atoms with Gasteiger partial charge in [0.1, 0.15) is 0 Å². The molecule has 31 heavy (non-hydrogen) atoms. The maximum atomic E-state index is 12.0. The summed E-state index contributed by atoms with van der Waals surface area (Å²) in [6.45, 7) is 1.92. The maximum Gasteiger partial charge on any atom is 0.269 e. The molecule has 0 aliphatic carbocycles. The van der Waals surface area contributed by atoms with E-state index < -0.39 is 9.85 Å². The fraction of sp³-hybridized carbons (Fsp3) is 0.143. The molecule has 0 aliphatic heterocycles. The molecule has 160 valence electrons. The van der Waals surface area contributed by atoms with E-state index in [1.165, 1.54) is 72.8 Å². The molecular weight excluding hydrogens is 404 g/mol. The second kappa shape index (κ2) is 11.0. The molecule has 2 amide bonds. The van der Waals surface area contributed by atoms with Gasteiger partial charge < -0.3 is 10.6 Å². The molecule has 0 radical (unpaired) electrons. The monoisotopic (exact) mass is 424 g/mol. The van der Waals surface area contributed by atoms with Gasteiger partial charge in [-0.15, -0.1) is 0 Å². The summed E-state index contributed by atoms with van der Waals surface area (Å²) in [5.74, 6) is -0.748. The molecule has 2 rings (SSSR count). The quantitative estimate of drug-likeness (QED) is 0.360. The highest BCUT2D eigenvalue weighted by Crippen LogP contribution is 2.13. The molecule has 0 saturated heterocycles. The van der Waals surface area contributed by atoms with E-state index in [2.05, 4.69) is 10.6 Å². The van der Waals surface area contributed by atoms with E-state index in [1.807, 2.05) is 0 Å². The zero-order valence-corrected chi connectivity index (χ0v) is 16.6. The molecule has 0 saturated carbocycles. The summed E-state index contributed by atoms with van der Waals surface area (Å²) in [5, 5.41) is 26.6. The highest BCUT2D eigenvalue weighted by Gasteiger charge is 2.07. The van der Waals surface area contributed by atoms with Crippen LogP contribution in [0, 0.1) is 20.2 Å². The van der Waals surface area contributed by atoms with Crippen molar-refractivity contribution < 1.29 is 19.4 Å². The Hall–Kier alpha value is -4.34. The summed E-state index contributed by atoms with van der Waals surface area (Å²) in [6, 6.07) is 11.2. The highest BCUT2D eigenvalue weighted by molar-refractivity contribution is 5.93. The Morgan fingerprint density at radius 3 is 1.68 bits per heavy atom. The van der Waals surface area contributed by atoms with Gasteiger partial charge in [0.25, 0.3) is 11.4 Å². The van der Waals surface area contributed by atoms with Crippen LogP contribution >= 0.6 is 0 Å². The number of carbonyl (C=O) groups excluding carboxylic acids is 2. The predicted molar refractivity (Wildman–Crippen MR) is 115 cm³/mol. The van der Waals surface area contributed by atoms with Crippen molar-refractivity contribution in [2.24, 2.45) is 0 Å². The molecule has 1 unspecified atom stereocenters. The van der Waals surface area contributed by atoms with E-state index in [4.69, 9.17) is 0 Å². The maximum absolute atomic E-state index is 12.0. The normalized spacial score (nSPS) is 11.9.